The lowest BCUT2D eigenvalue weighted by Gasteiger charge is -2.26. The van der Waals surface area contributed by atoms with E-state index in [0.29, 0.717) is 18.0 Å². The van der Waals surface area contributed by atoms with E-state index in [1.165, 1.54) is 24.8 Å². The number of ether oxygens (including phenoxy) is 2. The zero-order chi connectivity index (χ0) is 26.3. The molecule has 4 rings (SSSR count). The number of anilines is 1. The normalized spacial score (nSPS) is 14.2. The van der Waals surface area contributed by atoms with E-state index in [1.807, 2.05) is 31.2 Å². The van der Waals surface area contributed by atoms with Gasteiger partial charge in [-0.1, -0.05) is 42.0 Å². The highest BCUT2D eigenvalue weighted by Gasteiger charge is 2.27. The fourth-order valence-corrected chi connectivity index (χ4v) is 5.49. The summed E-state index contributed by atoms with van der Waals surface area (Å²) in [5.41, 5.74) is 3.56. The summed E-state index contributed by atoms with van der Waals surface area (Å²) < 4.78 is 38.7. The maximum absolute atomic E-state index is 13.5. The van der Waals surface area contributed by atoms with Gasteiger partial charge >= 0.3 is 0 Å². The van der Waals surface area contributed by atoms with Crippen LogP contribution in [-0.2, 0) is 32.6 Å². The zero-order valence-corrected chi connectivity index (χ0v) is 22.0. The summed E-state index contributed by atoms with van der Waals surface area (Å²) >= 11 is 0. The lowest BCUT2D eigenvalue weighted by atomic mass is 10.1. The molecular formula is C28H33N3O5S. The van der Waals surface area contributed by atoms with E-state index in [1.54, 1.807) is 24.3 Å². The van der Waals surface area contributed by atoms with Crippen LogP contribution < -0.4 is 14.4 Å². The van der Waals surface area contributed by atoms with Gasteiger partial charge in [0.15, 0.2) is 0 Å². The molecule has 8 nitrogen and oxygen atoms in total. The Hall–Kier alpha value is -3.40. The molecule has 0 unspecified atom stereocenters. The quantitative estimate of drug-likeness (QED) is 0.439. The molecule has 3 aromatic carbocycles. The molecule has 196 valence electrons. The van der Waals surface area contributed by atoms with E-state index in [2.05, 4.69) is 22.3 Å². The molecular weight excluding hydrogens is 490 g/mol. The standard InChI is InChI=1S/C28H33N3O5S/c1-22-3-9-25(10-4-22)31(37(33,34)27-13-11-26(35-2)12-14-27)21-28(32)29-19-23-5-7-24(8-6-23)20-30-15-17-36-18-16-30/h3-14H,15-21H2,1-2H3,(H,29,32). The molecule has 0 aromatic heterocycles. The molecule has 9 heteroatoms. The molecule has 0 spiro atoms. The third-order valence-corrected chi connectivity index (χ3v) is 8.07. The lowest BCUT2D eigenvalue weighted by Crippen LogP contribution is -2.40. The molecule has 1 N–H and O–H groups in total. The van der Waals surface area contributed by atoms with Crippen LogP contribution in [0.3, 0.4) is 0 Å². The summed E-state index contributed by atoms with van der Waals surface area (Å²) in [6.07, 6.45) is 0. The number of nitrogens with one attached hydrogen (secondary N) is 1. The fraction of sp³-hybridized carbons (Fsp3) is 0.321. The van der Waals surface area contributed by atoms with Crippen molar-refractivity contribution in [3.63, 3.8) is 0 Å². The van der Waals surface area contributed by atoms with Crippen LogP contribution in [0, 0.1) is 6.92 Å². The maximum atomic E-state index is 13.5. The lowest BCUT2D eigenvalue weighted by molar-refractivity contribution is -0.119. The molecule has 3 aromatic rings. The van der Waals surface area contributed by atoms with Crippen molar-refractivity contribution < 1.29 is 22.7 Å². The number of aryl methyl sites for hydroxylation is 1. The molecule has 1 saturated heterocycles. The minimum atomic E-state index is -3.99. The van der Waals surface area contributed by atoms with Crippen LogP contribution in [-0.4, -0.2) is 59.2 Å². The van der Waals surface area contributed by atoms with Crippen molar-refractivity contribution in [3.05, 3.63) is 89.5 Å². The molecule has 37 heavy (non-hydrogen) atoms. The topological polar surface area (TPSA) is 88.2 Å². The summed E-state index contributed by atoms with van der Waals surface area (Å²) in [4.78, 5) is 15.4. The van der Waals surface area contributed by atoms with Crippen molar-refractivity contribution in [1.29, 1.82) is 0 Å². The minimum absolute atomic E-state index is 0.0810. The minimum Gasteiger partial charge on any atom is -0.497 e. The van der Waals surface area contributed by atoms with Crippen LogP contribution in [0.1, 0.15) is 16.7 Å². The van der Waals surface area contributed by atoms with Gasteiger partial charge in [0.25, 0.3) is 10.0 Å². The second-order valence-corrected chi connectivity index (χ2v) is 10.9. The van der Waals surface area contributed by atoms with Crippen LogP contribution in [0.2, 0.25) is 0 Å². The summed E-state index contributed by atoms with van der Waals surface area (Å²) in [6, 6.07) is 21.3. The molecule has 1 amide bonds. The zero-order valence-electron chi connectivity index (χ0n) is 21.2. The number of hydrogen-bond acceptors (Lipinski definition) is 6. The number of rotatable bonds is 10. The van der Waals surface area contributed by atoms with Crippen LogP contribution in [0.15, 0.2) is 77.7 Å². The molecule has 1 fully saturated rings. The number of amides is 1. The smallest absolute Gasteiger partial charge is 0.264 e. The Morgan fingerprint density at radius 2 is 1.57 bits per heavy atom. The first kappa shape index (κ1) is 26.7. The Bertz CT molecular complexity index is 1270. The summed E-state index contributed by atoms with van der Waals surface area (Å²) in [5.74, 6) is 0.157. The molecule has 0 bridgehead atoms. The molecule has 0 saturated carbocycles. The highest BCUT2D eigenvalue weighted by Crippen LogP contribution is 2.25. The van der Waals surface area contributed by atoms with E-state index >= 15 is 0 Å². The third-order valence-electron chi connectivity index (χ3n) is 6.28. The Kier molecular flexibility index (Phi) is 8.81. The molecule has 1 heterocycles. The van der Waals surface area contributed by atoms with E-state index in [-0.39, 0.29) is 11.4 Å². The Morgan fingerprint density at radius 1 is 0.946 bits per heavy atom. The van der Waals surface area contributed by atoms with Crippen molar-refractivity contribution in [2.24, 2.45) is 0 Å². The van der Waals surface area contributed by atoms with Gasteiger partial charge in [-0.05, 0) is 54.4 Å². The van der Waals surface area contributed by atoms with Gasteiger partial charge in [-0.25, -0.2) is 8.42 Å². The number of carbonyl (C=O) groups is 1. The van der Waals surface area contributed by atoms with Crippen molar-refractivity contribution >= 4 is 21.6 Å². The SMILES string of the molecule is COc1ccc(S(=O)(=O)N(CC(=O)NCc2ccc(CN3CCOCC3)cc2)c2ccc(C)cc2)cc1. The number of sulfonamides is 1. The second kappa shape index (κ2) is 12.2. The Labute approximate surface area is 218 Å². The first-order valence-corrected chi connectivity index (χ1v) is 13.7. The van der Waals surface area contributed by atoms with Gasteiger partial charge in [0.05, 0.1) is 30.9 Å². The summed E-state index contributed by atoms with van der Waals surface area (Å²) in [5, 5.41) is 2.86. The van der Waals surface area contributed by atoms with Gasteiger partial charge in [-0.2, -0.15) is 0 Å². The average molecular weight is 524 g/mol. The molecule has 1 aliphatic heterocycles. The van der Waals surface area contributed by atoms with Gasteiger partial charge in [0, 0.05) is 26.2 Å². The Balaban J connectivity index is 1.43. The van der Waals surface area contributed by atoms with Crippen molar-refractivity contribution in [2.45, 2.75) is 24.9 Å². The molecule has 0 radical (unpaired) electrons. The van der Waals surface area contributed by atoms with Crippen LogP contribution >= 0.6 is 0 Å². The number of methoxy groups -OCH3 is 1. The Morgan fingerprint density at radius 3 is 2.19 bits per heavy atom. The van der Waals surface area contributed by atoms with E-state index in [9.17, 15) is 13.2 Å². The number of carbonyl (C=O) groups excluding carboxylic acids is 1. The highest BCUT2D eigenvalue weighted by atomic mass is 32.2. The van der Waals surface area contributed by atoms with Gasteiger partial charge in [0.1, 0.15) is 12.3 Å². The number of morpholine rings is 1. The van der Waals surface area contributed by atoms with Gasteiger partial charge in [-0.15, -0.1) is 0 Å². The second-order valence-electron chi connectivity index (χ2n) is 9.00. The first-order valence-electron chi connectivity index (χ1n) is 12.2. The predicted molar refractivity (Wildman–Crippen MR) is 143 cm³/mol. The van der Waals surface area contributed by atoms with Crippen LogP contribution in [0.25, 0.3) is 0 Å². The third kappa shape index (κ3) is 7.09. The van der Waals surface area contributed by atoms with E-state index in [0.717, 1.165) is 48.3 Å². The van der Waals surface area contributed by atoms with Crippen LogP contribution in [0.4, 0.5) is 5.69 Å². The predicted octanol–water partition coefficient (Wildman–Crippen LogP) is 3.35. The highest BCUT2D eigenvalue weighted by molar-refractivity contribution is 7.92. The van der Waals surface area contributed by atoms with Gasteiger partial charge < -0.3 is 14.8 Å². The molecule has 1 aliphatic rings. The van der Waals surface area contributed by atoms with Crippen molar-refractivity contribution in [2.75, 3.05) is 44.3 Å². The first-order chi connectivity index (χ1) is 17.8. The summed E-state index contributed by atoms with van der Waals surface area (Å²) in [7, 11) is -2.47. The molecule has 0 atom stereocenters. The monoisotopic (exact) mass is 523 g/mol. The van der Waals surface area contributed by atoms with E-state index < -0.39 is 15.9 Å². The van der Waals surface area contributed by atoms with Gasteiger partial charge in [-0.3, -0.25) is 14.0 Å². The van der Waals surface area contributed by atoms with Crippen molar-refractivity contribution in [3.8, 4) is 5.75 Å². The molecule has 0 aliphatic carbocycles. The largest absolute Gasteiger partial charge is 0.497 e. The number of nitrogens with zero attached hydrogens (tertiary/aromatic N) is 2. The number of hydrogen-bond donors (Lipinski definition) is 1. The van der Waals surface area contributed by atoms with Crippen molar-refractivity contribution in [1.82, 2.24) is 10.2 Å². The number of benzene rings is 3. The average Bonchev–Trinajstić information content (AvgIpc) is 2.92. The summed E-state index contributed by atoms with van der Waals surface area (Å²) in [6.45, 7) is 6.13. The van der Waals surface area contributed by atoms with Gasteiger partial charge in [0.2, 0.25) is 5.91 Å². The van der Waals surface area contributed by atoms with E-state index in [4.69, 9.17) is 9.47 Å². The fourth-order valence-electron chi connectivity index (χ4n) is 4.07. The maximum Gasteiger partial charge on any atom is 0.264 e. The van der Waals surface area contributed by atoms with Crippen LogP contribution in [0.5, 0.6) is 5.75 Å².